The third kappa shape index (κ3) is 3.48. The Hall–Kier alpha value is -0.0800. The number of nitrogens with one attached hydrogen (secondary N) is 1. The van der Waals surface area contributed by atoms with Gasteiger partial charge in [0.2, 0.25) is 0 Å². The van der Waals surface area contributed by atoms with E-state index in [1.807, 2.05) is 0 Å². The number of likely N-dealkylation sites (tertiary alicyclic amines) is 1. The first-order chi connectivity index (χ1) is 8.72. The third-order valence-electron chi connectivity index (χ3n) is 4.89. The number of hydrogen-bond acceptors (Lipinski definition) is 2. The fourth-order valence-corrected chi connectivity index (χ4v) is 3.72. The Kier molecular flexibility index (Phi) is 5.50. The fourth-order valence-electron chi connectivity index (χ4n) is 3.72. The van der Waals surface area contributed by atoms with Gasteiger partial charge in [-0.25, -0.2) is 0 Å². The molecule has 18 heavy (non-hydrogen) atoms. The summed E-state index contributed by atoms with van der Waals surface area (Å²) in [5, 5.41) is 3.64. The van der Waals surface area contributed by atoms with Crippen molar-refractivity contribution >= 4 is 0 Å². The molecule has 0 bridgehead atoms. The molecule has 0 radical (unpaired) electrons. The zero-order valence-electron chi connectivity index (χ0n) is 12.6. The van der Waals surface area contributed by atoms with E-state index >= 15 is 0 Å². The molecule has 1 saturated carbocycles. The van der Waals surface area contributed by atoms with Crippen molar-refractivity contribution in [2.75, 3.05) is 13.1 Å². The largest absolute Gasteiger partial charge is 0.314 e. The minimum Gasteiger partial charge on any atom is -0.314 e. The van der Waals surface area contributed by atoms with Gasteiger partial charge in [0.05, 0.1) is 0 Å². The van der Waals surface area contributed by atoms with E-state index in [0.29, 0.717) is 6.04 Å². The molecule has 1 saturated heterocycles. The first-order valence-electron chi connectivity index (χ1n) is 8.21. The average Bonchev–Trinajstić information content (AvgIpc) is 2.30. The van der Waals surface area contributed by atoms with Crippen LogP contribution in [0.4, 0.5) is 0 Å². The lowest BCUT2D eigenvalue weighted by Gasteiger charge is -2.50. The number of nitrogens with zero attached hydrogens (tertiary/aromatic N) is 1. The predicted octanol–water partition coefficient (Wildman–Crippen LogP) is 3.42. The quantitative estimate of drug-likeness (QED) is 0.779. The normalized spacial score (nSPS) is 33.7. The molecule has 2 aliphatic rings. The highest BCUT2D eigenvalue weighted by atomic mass is 15.2. The van der Waals surface area contributed by atoms with Crippen LogP contribution in [-0.2, 0) is 0 Å². The third-order valence-corrected chi connectivity index (χ3v) is 4.89. The minimum absolute atomic E-state index is 0.638. The molecule has 2 nitrogen and oxygen atoms in total. The molecule has 1 N–H and O–H groups in total. The van der Waals surface area contributed by atoms with E-state index in [1.165, 1.54) is 58.0 Å². The smallest absolute Gasteiger partial charge is 0.0139 e. The monoisotopic (exact) mass is 252 g/mol. The molecule has 0 aromatic rings. The Morgan fingerprint density at radius 2 is 2.00 bits per heavy atom. The number of piperidine rings is 1. The highest BCUT2D eigenvalue weighted by Gasteiger charge is 2.38. The van der Waals surface area contributed by atoms with Gasteiger partial charge in [-0.05, 0) is 51.1 Å². The topological polar surface area (TPSA) is 15.3 Å². The van der Waals surface area contributed by atoms with Crippen LogP contribution in [0.3, 0.4) is 0 Å². The number of rotatable bonds is 6. The summed E-state index contributed by atoms with van der Waals surface area (Å²) >= 11 is 0. The molecule has 106 valence electrons. The first-order valence-corrected chi connectivity index (χ1v) is 8.21. The van der Waals surface area contributed by atoms with Gasteiger partial charge in [-0.15, -0.1) is 0 Å². The van der Waals surface area contributed by atoms with Crippen LogP contribution >= 0.6 is 0 Å². The fraction of sp³-hybridized carbons (Fsp3) is 1.00. The van der Waals surface area contributed by atoms with Crippen LogP contribution in [0.15, 0.2) is 0 Å². The Morgan fingerprint density at radius 1 is 1.17 bits per heavy atom. The molecule has 2 fully saturated rings. The van der Waals surface area contributed by atoms with Crippen molar-refractivity contribution in [1.29, 1.82) is 0 Å². The summed E-state index contributed by atoms with van der Waals surface area (Å²) in [6, 6.07) is 2.43. The lowest BCUT2D eigenvalue weighted by Crippen LogP contribution is -2.56. The van der Waals surface area contributed by atoms with Crippen molar-refractivity contribution in [1.82, 2.24) is 10.2 Å². The summed E-state index contributed by atoms with van der Waals surface area (Å²) in [5.41, 5.74) is 0. The van der Waals surface area contributed by atoms with Crippen LogP contribution < -0.4 is 5.32 Å². The molecule has 3 unspecified atom stereocenters. The molecule has 2 rings (SSSR count). The summed E-state index contributed by atoms with van der Waals surface area (Å²) in [5.74, 6) is 0.921. The Bertz CT molecular complexity index is 237. The van der Waals surface area contributed by atoms with Gasteiger partial charge >= 0.3 is 0 Å². The number of hydrogen-bond donors (Lipinski definition) is 1. The Labute approximate surface area is 114 Å². The molecular weight excluding hydrogens is 220 g/mol. The van der Waals surface area contributed by atoms with E-state index in [9.17, 15) is 0 Å². The van der Waals surface area contributed by atoms with Crippen LogP contribution in [0.5, 0.6) is 0 Å². The van der Waals surface area contributed by atoms with E-state index in [-0.39, 0.29) is 0 Å². The van der Waals surface area contributed by atoms with Crippen molar-refractivity contribution in [2.24, 2.45) is 5.92 Å². The minimum atomic E-state index is 0.638. The van der Waals surface area contributed by atoms with Gasteiger partial charge in [0.1, 0.15) is 0 Å². The zero-order chi connectivity index (χ0) is 13.0. The van der Waals surface area contributed by atoms with Gasteiger partial charge in [-0.3, -0.25) is 4.90 Å². The van der Waals surface area contributed by atoms with Crippen LogP contribution in [0.1, 0.15) is 65.7 Å². The molecule has 0 aromatic carbocycles. The summed E-state index contributed by atoms with van der Waals surface area (Å²) in [6.45, 7) is 9.46. The molecule has 0 aromatic heterocycles. The second kappa shape index (κ2) is 6.91. The zero-order valence-corrected chi connectivity index (χ0v) is 12.6. The Balaban J connectivity index is 1.84. The predicted molar refractivity (Wildman–Crippen MR) is 78.9 cm³/mol. The van der Waals surface area contributed by atoms with Crippen LogP contribution in [0.25, 0.3) is 0 Å². The maximum Gasteiger partial charge on any atom is 0.0139 e. The van der Waals surface area contributed by atoms with E-state index in [4.69, 9.17) is 0 Å². The van der Waals surface area contributed by atoms with E-state index in [1.54, 1.807) is 0 Å². The van der Waals surface area contributed by atoms with Gasteiger partial charge < -0.3 is 5.32 Å². The lowest BCUT2D eigenvalue weighted by molar-refractivity contribution is 0.00376. The maximum absolute atomic E-state index is 3.64. The van der Waals surface area contributed by atoms with Gasteiger partial charge in [-0.1, -0.05) is 33.6 Å². The van der Waals surface area contributed by atoms with E-state index in [0.717, 1.165) is 18.0 Å². The second-order valence-electron chi connectivity index (χ2n) is 6.64. The second-order valence-corrected chi connectivity index (χ2v) is 6.64. The maximum atomic E-state index is 3.64. The molecule has 0 spiro atoms. The SMILES string of the molecule is CCCC1CCCCN1C1CCC1CNC(C)C. The summed E-state index contributed by atoms with van der Waals surface area (Å²) < 4.78 is 0. The van der Waals surface area contributed by atoms with Crippen molar-refractivity contribution < 1.29 is 0 Å². The van der Waals surface area contributed by atoms with Gasteiger partial charge in [0.25, 0.3) is 0 Å². The molecule has 1 aliphatic heterocycles. The summed E-state index contributed by atoms with van der Waals surface area (Å²) in [7, 11) is 0. The van der Waals surface area contributed by atoms with Crippen LogP contribution in [0.2, 0.25) is 0 Å². The van der Waals surface area contributed by atoms with Crippen molar-refractivity contribution in [3.8, 4) is 0 Å². The Morgan fingerprint density at radius 3 is 2.61 bits per heavy atom. The van der Waals surface area contributed by atoms with Gasteiger partial charge in [0, 0.05) is 18.1 Å². The summed E-state index contributed by atoms with van der Waals surface area (Å²) in [4.78, 5) is 2.88. The highest BCUT2D eigenvalue weighted by molar-refractivity contribution is 4.94. The van der Waals surface area contributed by atoms with Crippen molar-refractivity contribution in [3.05, 3.63) is 0 Å². The van der Waals surface area contributed by atoms with E-state index < -0.39 is 0 Å². The first kappa shape index (κ1) is 14.3. The molecular formula is C16H32N2. The van der Waals surface area contributed by atoms with Crippen LogP contribution in [0, 0.1) is 5.92 Å². The lowest BCUT2D eigenvalue weighted by atomic mass is 9.76. The standard InChI is InChI=1S/C16H32N2/c1-4-7-15-8-5-6-11-18(15)16-10-9-14(16)12-17-13(2)3/h13-17H,4-12H2,1-3H3. The van der Waals surface area contributed by atoms with Crippen LogP contribution in [-0.4, -0.2) is 36.1 Å². The molecule has 3 atom stereocenters. The van der Waals surface area contributed by atoms with Crippen molar-refractivity contribution in [3.63, 3.8) is 0 Å². The molecule has 1 heterocycles. The molecule has 0 amide bonds. The highest BCUT2D eigenvalue weighted by Crippen LogP contribution is 2.36. The average molecular weight is 252 g/mol. The van der Waals surface area contributed by atoms with E-state index in [2.05, 4.69) is 31.0 Å². The van der Waals surface area contributed by atoms with Gasteiger partial charge in [0.15, 0.2) is 0 Å². The van der Waals surface area contributed by atoms with Crippen molar-refractivity contribution in [2.45, 2.75) is 83.8 Å². The van der Waals surface area contributed by atoms with Gasteiger partial charge in [-0.2, -0.15) is 0 Å². The summed E-state index contributed by atoms with van der Waals surface area (Å²) in [6.07, 6.45) is 10.0. The molecule has 2 heteroatoms. The molecule has 1 aliphatic carbocycles.